The molecule has 1 N–H and O–H groups in total. The number of hydrogen-bond donors (Lipinski definition) is 1. The van der Waals surface area contributed by atoms with E-state index in [0.29, 0.717) is 36.1 Å². The highest BCUT2D eigenvalue weighted by Gasteiger charge is 2.21. The molecule has 10 heteroatoms. The van der Waals surface area contributed by atoms with Gasteiger partial charge in [-0.1, -0.05) is 23.4 Å². The summed E-state index contributed by atoms with van der Waals surface area (Å²) in [5.41, 5.74) is 1.32. The van der Waals surface area contributed by atoms with Crippen molar-refractivity contribution in [1.29, 1.82) is 0 Å². The number of rotatable bonds is 6. The van der Waals surface area contributed by atoms with E-state index >= 15 is 0 Å². The summed E-state index contributed by atoms with van der Waals surface area (Å²) in [6.45, 7) is 6.38. The predicted octanol–water partition coefficient (Wildman–Crippen LogP) is 3.22. The monoisotopic (exact) mass is 551 g/mol. The Balaban J connectivity index is 0.00000289. The Labute approximate surface area is 204 Å². The van der Waals surface area contributed by atoms with Crippen LogP contribution >= 0.6 is 24.0 Å². The SMILES string of the molecule is CCNC(=NCCc1noc(-c2ccccn2)n1)N1CCN(c2ccccc2F)CC1.I. The lowest BCUT2D eigenvalue weighted by atomic mass is 10.2. The highest BCUT2D eigenvalue weighted by molar-refractivity contribution is 14.0. The number of guanidine groups is 1. The van der Waals surface area contributed by atoms with Crippen LogP contribution in [0.15, 0.2) is 58.2 Å². The van der Waals surface area contributed by atoms with E-state index in [1.807, 2.05) is 37.3 Å². The average Bonchev–Trinajstić information content (AvgIpc) is 3.29. The molecule has 8 nitrogen and oxygen atoms in total. The second kappa shape index (κ2) is 11.7. The molecule has 170 valence electrons. The normalized spacial score (nSPS) is 14.2. The smallest absolute Gasteiger partial charge is 0.276 e. The van der Waals surface area contributed by atoms with Crippen LogP contribution in [0.3, 0.4) is 0 Å². The number of anilines is 1. The van der Waals surface area contributed by atoms with E-state index in [1.165, 1.54) is 6.07 Å². The zero-order chi connectivity index (χ0) is 21.5. The van der Waals surface area contributed by atoms with Crippen LogP contribution in [-0.4, -0.2) is 65.3 Å². The minimum Gasteiger partial charge on any atom is -0.366 e. The van der Waals surface area contributed by atoms with Crippen molar-refractivity contribution in [3.63, 3.8) is 0 Å². The molecule has 0 unspecified atom stereocenters. The Morgan fingerprint density at radius 1 is 1.12 bits per heavy atom. The van der Waals surface area contributed by atoms with Gasteiger partial charge in [-0.25, -0.2) is 4.39 Å². The fourth-order valence-corrected chi connectivity index (χ4v) is 3.50. The first-order chi connectivity index (χ1) is 15.2. The van der Waals surface area contributed by atoms with Gasteiger partial charge in [-0.15, -0.1) is 24.0 Å². The van der Waals surface area contributed by atoms with Crippen LogP contribution in [0.4, 0.5) is 10.1 Å². The number of nitrogens with zero attached hydrogens (tertiary/aromatic N) is 6. The zero-order valence-electron chi connectivity index (χ0n) is 17.9. The maximum Gasteiger partial charge on any atom is 0.276 e. The number of pyridine rings is 1. The first kappa shape index (κ1) is 23.9. The first-order valence-electron chi connectivity index (χ1n) is 10.5. The lowest BCUT2D eigenvalue weighted by Crippen LogP contribution is -2.52. The van der Waals surface area contributed by atoms with E-state index in [4.69, 9.17) is 9.52 Å². The number of aliphatic imine (C=N–C) groups is 1. The molecule has 32 heavy (non-hydrogen) atoms. The molecular formula is C22H27FIN7O. The number of nitrogens with one attached hydrogen (secondary N) is 1. The quantitative estimate of drug-likeness (QED) is 0.286. The molecule has 0 bridgehead atoms. The van der Waals surface area contributed by atoms with Gasteiger partial charge in [0, 0.05) is 51.9 Å². The topological polar surface area (TPSA) is 82.7 Å². The van der Waals surface area contributed by atoms with E-state index in [2.05, 4.69) is 30.2 Å². The average molecular weight is 551 g/mol. The summed E-state index contributed by atoms with van der Waals surface area (Å²) in [6.07, 6.45) is 2.26. The molecule has 1 aliphatic heterocycles. The highest BCUT2D eigenvalue weighted by Crippen LogP contribution is 2.20. The summed E-state index contributed by atoms with van der Waals surface area (Å²) in [5.74, 6) is 1.69. The maximum atomic E-state index is 14.1. The molecule has 0 aliphatic carbocycles. The molecule has 2 aromatic heterocycles. The van der Waals surface area contributed by atoms with Crippen LogP contribution in [-0.2, 0) is 6.42 Å². The molecular weight excluding hydrogens is 524 g/mol. The fraction of sp³-hybridized carbons (Fsp3) is 0.364. The lowest BCUT2D eigenvalue weighted by molar-refractivity contribution is 0.370. The molecule has 1 aromatic carbocycles. The van der Waals surface area contributed by atoms with Crippen molar-refractivity contribution in [2.75, 3.05) is 44.2 Å². The molecule has 1 aliphatic rings. The van der Waals surface area contributed by atoms with Crippen molar-refractivity contribution in [1.82, 2.24) is 25.3 Å². The Bertz CT molecular complexity index is 1010. The molecule has 0 atom stereocenters. The molecule has 0 saturated carbocycles. The van der Waals surface area contributed by atoms with E-state index in [-0.39, 0.29) is 29.8 Å². The molecule has 1 saturated heterocycles. The summed E-state index contributed by atoms with van der Waals surface area (Å²) >= 11 is 0. The first-order valence-corrected chi connectivity index (χ1v) is 10.5. The second-order valence-electron chi connectivity index (χ2n) is 7.14. The van der Waals surface area contributed by atoms with Crippen molar-refractivity contribution < 1.29 is 8.91 Å². The predicted molar refractivity (Wildman–Crippen MR) is 133 cm³/mol. The lowest BCUT2D eigenvalue weighted by Gasteiger charge is -2.37. The molecule has 0 amide bonds. The van der Waals surface area contributed by atoms with Crippen molar-refractivity contribution in [2.24, 2.45) is 4.99 Å². The summed E-state index contributed by atoms with van der Waals surface area (Å²) in [4.78, 5) is 17.6. The molecule has 3 heterocycles. The van der Waals surface area contributed by atoms with E-state index in [1.54, 1.807) is 12.3 Å². The fourth-order valence-electron chi connectivity index (χ4n) is 3.50. The van der Waals surface area contributed by atoms with Gasteiger partial charge < -0.3 is 19.6 Å². The second-order valence-corrected chi connectivity index (χ2v) is 7.14. The number of hydrogen-bond acceptors (Lipinski definition) is 6. The molecule has 3 aromatic rings. The van der Waals surface area contributed by atoms with Crippen molar-refractivity contribution in [3.8, 4) is 11.6 Å². The van der Waals surface area contributed by atoms with E-state index in [9.17, 15) is 4.39 Å². The molecule has 0 spiro atoms. The van der Waals surface area contributed by atoms with Crippen LogP contribution in [0.2, 0.25) is 0 Å². The van der Waals surface area contributed by atoms with Gasteiger partial charge in [0.1, 0.15) is 11.5 Å². The number of piperazine rings is 1. The van der Waals surface area contributed by atoms with Gasteiger partial charge in [-0.3, -0.25) is 9.98 Å². The third-order valence-electron chi connectivity index (χ3n) is 5.06. The van der Waals surface area contributed by atoms with Gasteiger partial charge in [0.2, 0.25) is 0 Å². The molecule has 4 rings (SSSR count). The van der Waals surface area contributed by atoms with Crippen molar-refractivity contribution in [2.45, 2.75) is 13.3 Å². The zero-order valence-corrected chi connectivity index (χ0v) is 20.3. The van der Waals surface area contributed by atoms with E-state index < -0.39 is 0 Å². The molecule has 1 fully saturated rings. The highest BCUT2D eigenvalue weighted by atomic mass is 127. The number of aromatic nitrogens is 3. The minimum atomic E-state index is -0.179. The summed E-state index contributed by atoms with van der Waals surface area (Å²) < 4.78 is 19.4. The molecule has 0 radical (unpaired) electrons. The Morgan fingerprint density at radius 2 is 1.91 bits per heavy atom. The third kappa shape index (κ3) is 5.93. The summed E-state index contributed by atoms with van der Waals surface area (Å²) in [6, 6.07) is 12.5. The maximum absolute atomic E-state index is 14.1. The summed E-state index contributed by atoms with van der Waals surface area (Å²) in [7, 11) is 0. The summed E-state index contributed by atoms with van der Waals surface area (Å²) in [5, 5.41) is 7.37. The van der Waals surface area contributed by atoms with Crippen LogP contribution in [0, 0.1) is 5.82 Å². The van der Waals surface area contributed by atoms with Gasteiger partial charge in [0.25, 0.3) is 5.89 Å². The Kier molecular flexibility index (Phi) is 8.77. The van der Waals surface area contributed by atoms with Crippen LogP contribution < -0.4 is 10.2 Å². The Hall–Kier alpha value is -2.76. The van der Waals surface area contributed by atoms with E-state index in [0.717, 1.165) is 38.7 Å². The number of para-hydroxylation sites is 1. The van der Waals surface area contributed by atoms with Crippen molar-refractivity contribution >= 4 is 35.6 Å². The van der Waals surface area contributed by atoms with Gasteiger partial charge >= 0.3 is 0 Å². The number of halogens is 2. The van der Waals surface area contributed by atoms with Crippen molar-refractivity contribution in [3.05, 3.63) is 60.3 Å². The van der Waals surface area contributed by atoms with Gasteiger partial charge in [0.05, 0.1) is 5.69 Å². The minimum absolute atomic E-state index is 0. The Morgan fingerprint density at radius 3 is 2.62 bits per heavy atom. The largest absolute Gasteiger partial charge is 0.366 e. The number of benzene rings is 1. The standard InChI is InChI=1S/C22H26FN7O.HI/c1-2-24-22(30-15-13-29(14-16-30)19-9-4-3-7-17(19)23)26-12-10-20-27-21(31-28-20)18-8-5-6-11-25-18;/h3-9,11H,2,10,12-16H2,1H3,(H,24,26);1H. The van der Waals surface area contributed by atoms with Gasteiger partial charge in [0.15, 0.2) is 11.8 Å². The van der Waals surface area contributed by atoms with Crippen LogP contribution in [0.25, 0.3) is 11.6 Å². The van der Waals surface area contributed by atoms with Gasteiger partial charge in [-0.2, -0.15) is 4.98 Å². The van der Waals surface area contributed by atoms with Gasteiger partial charge in [-0.05, 0) is 31.2 Å². The van der Waals surface area contributed by atoms with Crippen LogP contribution in [0.5, 0.6) is 0 Å². The third-order valence-corrected chi connectivity index (χ3v) is 5.06. The van der Waals surface area contributed by atoms with Crippen LogP contribution in [0.1, 0.15) is 12.7 Å².